The number of rotatable bonds is 5. The molecule has 0 aliphatic rings. The molecule has 5 nitrogen and oxygen atoms in total. The molecule has 0 saturated heterocycles. The van der Waals surface area contributed by atoms with Crippen LogP contribution in [0.25, 0.3) is 0 Å². The van der Waals surface area contributed by atoms with Gasteiger partial charge in [-0.05, 0) is 33.3 Å². The Morgan fingerprint density at radius 1 is 1.53 bits per heavy atom. The van der Waals surface area contributed by atoms with Gasteiger partial charge >= 0.3 is 0 Å². The van der Waals surface area contributed by atoms with Gasteiger partial charge in [-0.3, -0.25) is 9.78 Å². The zero-order chi connectivity index (χ0) is 13.0. The molecular weight excluding hydrogens is 216 g/mol. The summed E-state index contributed by atoms with van der Waals surface area (Å²) in [5.74, 6) is -0.460. The number of carbonyl (C=O) groups excluding carboxylic acids is 1. The molecule has 17 heavy (non-hydrogen) atoms. The van der Waals surface area contributed by atoms with Crippen molar-refractivity contribution < 1.29 is 4.79 Å². The lowest BCUT2D eigenvalue weighted by molar-refractivity contribution is 0.1000. The van der Waals surface area contributed by atoms with Crippen LogP contribution in [0.2, 0.25) is 0 Å². The van der Waals surface area contributed by atoms with Crippen molar-refractivity contribution in [3.8, 4) is 0 Å². The number of carbonyl (C=O) groups is 1. The van der Waals surface area contributed by atoms with Gasteiger partial charge in [0.15, 0.2) is 0 Å². The number of aromatic nitrogens is 1. The van der Waals surface area contributed by atoms with Crippen LogP contribution in [0.4, 0.5) is 5.69 Å². The highest BCUT2D eigenvalue weighted by atomic mass is 16.1. The third kappa shape index (κ3) is 3.71. The van der Waals surface area contributed by atoms with Crippen molar-refractivity contribution in [3.05, 3.63) is 23.0 Å². The molecule has 0 bridgehead atoms. The Hall–Kier alpha value is -1.62. The molecule has 0 saturated carbocycles. The topological polar surface area (TPSA) is 94.0 Å². The molecule has 0 aromatic carbocycles. The van der Waals surface area contributed by atoms with Crippen molar-refractivity contribution in [1.29, 1.82) is 0 Å². The highest BCUT2D eigenvalue weighted by Gasteiger charge is 2.13. The second-order valence-electron chi connectivity index (χ2n) is 4.33. The molecule has 1 amide bonds. The molecule has 1 unspecified atom stereocenters. The van der Waals surface area contributed by atoms with Gasteiger partial charge in [-0.15, -0.1) is 0 Å². The quantitative estimate of drug-likeness (QED) is 0.709. The summed E-state index contributed by atoms with van der Waals surface area (Å²) >= 11 is 0. The minimum atomic E-state index is -0.460. The number of amides is 1. The number of aryl methyl sites for hydroxylation is 2. The molecule has 1 aromatic heterocycles. The minimum absolute atomic E-state index is 0.128. The summed E-state index contributed by atoms with van der Waals surface area (Å²) in [6, 6.07) is 1.96. The monoisotopic (exact) mass is 236 g/mol. The van der Waals surface area contributed by atoms with Gasteiger partial charge in [0.2, 0.25) is 0 Å². The van der Waals surface area contributed by atoms with Gasteiger partial charge in [-0.1, -0.05) is 0 Å². The molecule has 0 aliphatic heterocycles. The Labute approximate surface area is 102 Å². The first kappa shape index (κ1) is 13.4. The number of nitrogens with zero attached hydrogens (tertiary/aromatic N) is 1. The highest BCUT2D eigenvalue weighted by Crippen LogP contribution is 2.19. The van der Waals surface area contributed by atoms with Crippen LogP contribution in [0.15, 0.2) is 6.07 Å². The average Bonchev–Trinajstić information content (AvgIpc) is 2.14. The predicted molar refractivity (Wildman–Crippen MR) is 69.0 cm³/mol. The van der Waals surface area contributed by atoms with Crippen LogP contribution in [0.5, 0.6) is 0 Å². The Kier molecular flexibility index (Phi) is 4.45. The molecule has 0 radical (unpaired) electrons. The fourth-order valence-electron chi connectivity index (χ4n) is 1.71. The maximum absolute atomic E-state index is 11.4. The smallest absolute Gasteiger partial charge is 0.252 e. The maximum atomic E-state index is 11.4. The van der Waals surface area contributed by atoms with E-state index in [0.717, 1.165) is 17.8 Å². The zero-order valence-electron chi connectivity index (χ0n) is 10.6. The fourth-order valence-corrected chi connectivity index (χ4v) is 1.71. The first-order chi connectivity index (χ1) is 7.91. The van der Waals surface area contributed by atoms with Crippen LogP contribution in [0.1, 0.15) is 35.1 Å². The highest BCUT2D eigenvalue weighted by molar-refractivity contribution is 5.99. The lowest BCUT2D eigenvalue weighted by Crippen LogP contribution is -2.21. The van der Waals surface area contributed by atoms with E-state index in [-0.39, 0.29) is 6.04 Å². The van der Waals surface area contributed by atoms with Gasteiger partial charge in [0.1, 0.15) is 0 Å². The van der Waals surface area contributed by atoms with E-state index in [0.29, 0.717) is 17.8 Å². The van der Waals surface area contributed by atoms with Crippen LogP contribution in [0.3, 0.4) is 0 Å². The molecule has 0 spiro atoms. The van der Waals surface area contributed by atoms with E-state index in [2.05, 4.69) is 10.3 Å². The molecule has 5 N–H and O–H groups in total. The Balaban J connectivity index is 2.92. The average molecular weight is 236 g/mol. The molecule has 1 aromatic rings. The summed E-state index contributed by atoms with van der Waals surface area (Å²) in [6.45, 7) is 6.32. The van der Waals surface area contributed by atoms with Crippen LogP contribution >= 0.6 is 0 Å². The van der Waals surface area contributed by atoms with Crippen molar-refractivity contribution in [2.24, 2.45) is 11.5 Å². The standard InChI is InChI=1S/C12H20N4O/c1-7(13)4-5-15-10-6-8(2)16-9(3)11(10)12(14)17/h6-7H,4-5,13H2,1-3H3,(H2,14,17)(H,15,16). The van der Waals surface area contributed by atoms with Crippen molar-refractivity contribution >= 4 is 11.6 Å². The molecule has 0 aliphatic carbocycles. The van der Waals surface area contributed by atoms with Gasteiger partial charge in [0.05, 0.1) is 16.9 Å². The summed E-state index contributed by atoms with van der Waals surface area (Å²) in [4.78, 5) is 15.6. The van der Waals surface area contributed by atoms with Crippen LogP contribution < -0.4 is 16.8 Å². The second-order valence-corrected chi connectivity index (χ2v) is 4.33. The van der Waals surface area contributed by atoms with Gasteiger partial charge in [-0.2, -0.15) is 0 Å². The predicted octanol–water partition coefficient (Wildman–Crippen LogP) is 0.947. The summed E-state index contributed by atoms with van der Waals surface area (Å²) in [5.41, 5.74) is 13.7. The Morgan fingerprint density at radius 3 is 2.71 bits per heavy atom. The molecular formula is C12H20N4O. The Bertz CT molecular complexity index is 415. The molecule has 1 rings (SSSR count). The van der Waals surface area contributed by atoms with E-state index in [9.17, 15) is 4.79 Å². The van der Waals surface area contributed by atoms with Crippen LogP contribution in [0, 0.1) is 13.8 Å². The lowest BCUT2D eigenvalue weighted by atomic mass is 10.1. The van der Waals surface area contributed by atoms with Crippen molar-refractivity contribution in [1.82, 2.24) is 4.98 Å². The van der Waals surface area contributed by atoms with Crippen molar-refractivity contribution in [2.75, 3.05) is 11.9 Å². The third-order valence-electron chi connectivity index (χ3n) is 2.49. The number of primary amides is 1. The first-order valence-corrected chi connectivity index (χ1v) is 5.69. The second kappa shape index (κ2) is 5.63. The van der Waals surface area contributed by atoms with Crippen LogP contribution in [-0.4, -0.2) is 23.5 Å². The largest absolute Gasteiger partial charge is 0.384 e. The minimum Gasteiger partial charge on any atom is -0.384 e. The van der Waals surface area contributed by atoms with Crippen LogP contribution in [-0.2, 0) is 0 Å². The van der Waals surface area contributed by atoms with Gasteiger partial charge in [0, 0.05) is 18.3 Å². The van der Waals surface area contributed by atoms with E-state index in [4.69, 9.17) is 11.5 Å². The van der Waals surface area contributed by atoms with E-state index in [1.807, 2.05) is 19.9 Å². The zero-order valence-corrected chi connectivity index (χ0v) is 10.6. The number of hydrogen-bond donors (Lipinski definition) is 3. The number of anilines is 1. The van der Waals surface area contributed by atoms with E-state index >= 15 is 0 Å². The van der Waals surface area contributed by atoms with E-state index < -0.39 is 5.91 Å². The Morgan fingerprint density at radius 2 is 2.18 bits per heavy atom. The lowest BCUT2D eigenvalue weighted by Gasteiger charge is -2.13. The number of nitrogens with two attached hydrogens (primary N) is 2. The van der Waals surface area contributed by atoms with Gasteiger partial charge in [0.25, 0.3) is 5.91 Å². The van der Waals surface area contributed by atoms with Crippen molar-refractivity contribution in [3.63, 3.8) is 0 Å². The summed E-state index contributed by atoms with van der Waals surface area (Å²) < 4.78 is 0. The third-order valence-corrected chi connectivity index (χ3v) is 2.49. The molecule has 1 atom stereocenters. The normalized spacial score (nSPS) is 12.2. The number of hydrogen-bond acceptors (Lipinski definition) is 4. The maximum Gasteiger partial charge on any atom is 0.252 e. The van der Waals surface area contributed by atoms with E-state index in [1.54, 1.807) is 6.92 Å². The number of nitrogens with one attached hydrogen (secondary N) is 1. The summed E-state index contributed by atoms with van der Waals surface area (Å²) in [7, 11) is 0. The molecule has 94 valence electrons. The molecule has 5 heteroatoms. The van der Waals surface area contributed by atoms with E-state index in [1.165, 1.54) is 0 Å². The van der Waals surface area contributed by atoms with Gasteiger partial charge in [-0.25, -0.2) is 0 Å². The number of pyridine rings is 1. The fraction of sp³-hybridized carbons (Fsp3) is 0.500. The molecule has 0 fully saturated rings. The SMILES string of the molecule is Cc1cc(NCCC(C)N)c(C(N)=O)c(C)n1. The van der Waals surface area contributed by atoms with Gasteiger partial charge < -0.3 is 16.8 Å². The first-order valence-electron chi connectivity index (χ1n) is 5.69. The summed E-state index contributed by atoms with van der Waals surface area (Å²) in [5, 5.41) is 3.19. The molecule has 1 heterocycles. The van der Waals surface area contributed by atoms with Crippen molar-refractivity contribution in [2.45, 2.75) is 33.2 Å². The summed E-state index contributed by atoms with van der Waals surface area (Å²) in [6.07, 6.45) is 0.832.